The Morgan fingerprint density at radius 2 is 2.20 bits per heavy atom. The van der Waals surface area contributed by atoms with E-state index >= 15 is 0 Å². The van der Waals surface area contributed by atoms with E-state index < -0.39 is 5.97 Å². The van der Waals surface area contributed by atoms with Crippen molar-refractivity contribution in [3.8, 4) is 0 Å². The van der Waals surface area contributed by atoms with E-state index in [0.717, 1.165) is 66.6 Å². The topological polar surface area (TPSA) is 80.0 Å². The smallest absolute Gasteiger partial charge is 0.304 e. The number of aromatic nitrogens is 3. The number of nitrogens with one attached hydrogen (secondary N) is 1. The Morgan fingerprint density at radius 1 is 1.33 bits per heavy atom. The highest BCUT2D eigenvalue weighted by atomic mass is 16.4. The molecule has 1 aliphatic rings. The lowest BCUT2D eigenvalue weighted by Gasteiger charge is -2.23. The van der Waals surface area contributed by atoms with Gasteiger partial charge in [-0.2, -0.15) is 0 Å². The molecule has 0 fully saturated rings. The fourth-order valence-electron chi connectivity index (χ4n) is 4.41. The Hall–Kier alpha value is -2.99. The maximum atomic E-state index is 11.7. The highest BCUT2D eigenvalue weighted by molar-refractivity contribution is 5.80. The Labute approximate surface area is 176 Å². The quantitative estimate of drug-likeness (QED) is 0.439. The molecular formula is C24H28N4O2. The van der Waals surface area contributed by atoms with E-state index in [1.165, 1.54) is 11.1 Å². The van der Waals surface area contributed by atoms with Crippen LogP contribution >= 0.6 is 0 Å². The molecule has 0 spiro atoms. The first-order chi connectivity index (χ1) is 14.6. The second-order valence-corrected chi connectivity index (χ2v) is 8.00. The minimum absolute atomic E-state index is 0.0477. The number of carboxylic acids is 1. The summed E-state index contributed by atoms with van der Waals surface area (Å²) < 4.78 is 1.92. The molecule has 30 heavy (non-hydrogen) atoms. The Balaban J connectivity index is 1.73. The number of hydrogen-bond donors (Lipinski definition) is 2. The number of fused-ring (bicyclic) bond motifs is 2. The minimum atomic E-state index is -0.802. The van der Waals surface area contributed by atoms with Crippen LogP contribution in [0.15, 0.2) is 43.0 Å². The second kappa shape index (κ2) is 8.79. The van der Waals surface area contributed by atoms with Crippen LogP contribution in [0.5, 0.6) is 0 Å². The molecule has 4 rings (SSSR count). The summed E-state index contributed by atoms with van der Waals surface area (Å²) >= 11 is 0. The molecule has 2 heterocycles. The zero-order chi connectivity index (χ0) is 21.1. The third-order valence-corrected chi connectivity index (χ3v) is 6.03. The van der Waals surface area contributed by atoms with Gasteiger partial charge in [0, 0.05) is 19.0 Å². The van der Waals surface area contributed by atoms with Crippen LogP contribution in [0.1, 0.15) is 53.0 Å². The van der Waals surface area contributed by atoms with Crippen molar-refractivity contribution in [2.75, 3.05) is 6.54 Å². The van der Waals surface area contributed by atoms with Gasteiger partial charge in [-0.1, -0.05) is 35.6 Å². The van der Waals surface area contributed by atoms with Crippen LogP contribution < -0.4 is 5.32 Å². The van der Waals surface area contributed by atoms with Crippen LogP contribution in [-0.2, 0) is 24.3 Å². The summed E-state index contributed by atoms with van der Waals surface area (Å²) in [5, 5.41) is 21.8. The van der Waals surface area contributed by atoms with Gasteiger partial charge in [-0.25, -0.2) is 4.68 Å². The molecule has 0 unspecified atom stereocenters. The summed E-state index contributed by atoms with van der Waals surface area (Å²) in [6.45, 7) is 8.40. The predicted molar refractivity (Wildman–Crippen MR) is 118 cm³/mol. The van der Waals surface area contributed by atoms with Gasteiger partial charge < -0.3 is 10.4 Å². The largest absolute Gasteiger partial charge is 0.481 e. The third-order valence-electron chi connectivity index (χ3n) is 6.03. The number of carboxylic acid groups (broad SMARTS) is 1. The van der Waals surface area contributed by atoms with Crippen molar-refractivity contribution < 1.29 is 9.90 Å². The van der Waals surface area contributed by atoms with Crippen molar-refractivity contribution in [3.05, 3.63) is 70.8 Å². The van der Waals surface area contributed by atoms with Gasteiger partial charge in [0.15, 0.2) is 0 Å². The van der Waals surface area contributed by atoms with Gasteiger partial charge in [-0.3, -0.25) is 4.79 Å². The molecule has 3 aromatic rings. The molecule has 0 saturated heterocycles. The van der Waals surface area contributed by atoms with Crippen LogP contribution in [0, 0.1) is 6.92 Å². The monoisotopic (exact) mass is 404 g/mol. The number of benzene rings is 2. The molecule has 2 N–H and O–H groups in total. The summed E-state index contributed by atoms with van der Waals surface area (Å²) in [5.74, 6) is -1.02. The van der Waals surface area contributed by atoms with E-state index in [4.69, 9.17) is 0 Å². The minimum Gasteiger partial charge on any atom is -0.481 e. The molecule has 0 aliphatic carbocycles. The summed E-state index contributed by atoms with van der Waals surface area (Å²) in [5.41, 5.74) is 7.50. The molecule has 1 aromatic heterocycles. The molecule has 0 bridgehead atoms. The van der Waals surface area contributed by atoms with Crippen LogP contribution in [0.4, 0.5) is 0 Å². The summed E-state index contributed by atoms with van der Waals surface area (Å²) in [4.78, 5) is 11.7. The number of hydrogen-bond acceptors (Lipinski definition) is 4. The molecular weight excluding hydrogens is 376 g/mol. The maximum absolute atomic E-state index is 11.7. The summed E-state index contributed by atoms with van der Waals surface area (Å²) in [7, 11) is 0. The normalized spacial score (nSPS) is 14.4. The molecule has 0 radical (unpaired) electrons. The molecule has 1 atom stereocenters. The number of allylic oxidation sites excluding steroid dienone is 1. The number of carbonyl (C=O) groups is 1. The predicted octanol–water partition coefficient (Wildman–Crippen LogP) is 3.96. The first-order valence-electron chi connectivity index (χ1n) is 10.6. The van der Waals surface area contributed by atoms with E-state index in [-0.39, 0.29) is 12.3 Å². The van der Waals surface area contributed by atoms with Gasteiger partial charge in [0.05, 0.1) is 11.9 Å². The molecule has 156 valence electrons. The zero-order valence-electron chi connectivity index (χ0n) is 17.4. The van der Waals surface area contributed by atoms with E-state index in [9.17, 15) is 9.90 Å². The fourth-order valence-corrected chi connectivity index (χ4v) is 4.41. The van der Waals surface area contributed by atoms with Gasteiger partial charge in [0.1, 0.15) is 5.52 Å². The van der Waals surface area contributed by atoms with E-state index in [0.29, 0.717) is 0 Å². The van der Waals surface area contributed by atoms with Crippen molar-refractivity contribution in [1.82, 2.24) is 20.3 Å². The van der Waals surface area contributed by atoms with Gasteiger partial charge in [-0.05, 0) is 66.6 Å². The van der Waals surface area contributed by atoms with Crippen LogP contribution in [0.2, 0.25) is 0 Å². The van der Waals surface area contributed by atoms with Crippen LogP contribution in [0.3, 0.4) is 0 Å². The van der Waals surface area contributed by atoms with Gasteiger partial charge in [-0.15, -0.1) is 11.7 Å². The number of unbranched alkanes of at least 4 members (excludes halogenated alkanes) is 1. The van der Waals surface area contributed by atoms with E-state index in [1.54, 1.807) is 0 Å². The molecule has 2 aromatic carbocycles. The van der Waals surface area contributed by atoms with Gasteiger partial charge in [0.2, 0.25) is 0 Å². The van der Waals surface area contributed by atoms with E-state index in [2.05, 4.69) is 46.5 Å². The molecule has 6 heteroatoms. The SMILES string of the molecule is C=CCCCn1nnc2c(C)c([C@@H](CC(=O)O)c3ccc4c(c3)CNCC4)ccc21. The number of nitrogens with zero attached hydrogens (tertiary/aromatic N) is 3. The van der Waals surface area contributed by atoms with Crippen molar-refractivity contribution in [2.45, 2.75) is 51.6 Å². The summed E-state index contributed by atoms with van der Waals surface area (Å²) in [6.07, 6.45) is 4.87. The zero-order valence-corrected chi connectivity index (χ0v) is 17.4. The lowest BCUT2D eigenvalue weighted by molar-refractivity contribution is -0.137. The molecule has 0 amide bonds. The van der Waals surface area contributed by atoms with Crippen molar-refractivity contribution >= 4 is 17.0 Å². The summed E-state index contributed by atoms with van der Waals surface area (Å²) in [6, 6.07) is 10.5. The lowest BCUT2D eigenvalue weighted by Crippen LogP contribution is -2.24. The first kappa shape index (κ1) is 20.3. The number of aliphatic carboxylic acids is 1. The van der Waals surface area contributed by atoms with Gasteiger partial charge >= 0.3 is 5.97 Å². The molecule has 0 saturated carbocycles. The highest BCUT2D eigenvalue weighted by Gasteiger charge is 2.23. The Kier molecular flexibility index (Phi) is 5.95. The Morgan fingerprint density at radius 3 is 3.00 bits per heavy atom. The van der Waals surface area contributed by atoms with Crippen LogP contribution in [0.25, 0.3) is 11.0 Å². The third kappa shape index (κ3) is 4.00. The Bertz CT molecular complexity index is 1090. The lowest BCUT2D eigenvalue weighted by atomic mass is 9.83. The van der Waals surface area contributed by atoms with Crippen molar-refractivity contribution in [3.63, 3.8) is 0 Å². The second-order valence-electron chi connectivity index (χ2n) is 8.00. The molecule has 6 nitrogen and oxygen atoms in total. The number of rotatable bonds is 8. The number of aryl methyl sites for hydroxylation is 2. The van der Waals surface area contributed by atoms with E-state index in [1.807, 2.05) is 23.7 Å². The van der Waals surface area contributed by atoms with Crippen molar-refractivity contribution in [2.24, 2.45) is 0 Å². The highest BCUT2D eigenvalue weighted by Crippen LogP contribution is 2.34. The molecule has 1 aliphatic heterocycles. The standard InChI is InChI=1S/C24H28N4O2/c1-3-4-5-12-28-22-9-8-20(16(2)24(22)26-27-28)21(14-23(29)30)18-7-6-17-10-11-25-15-19(17)13-18/h3,6-9,13,21,25H,1,4-5,10-12,14-15H2,2H3,(H,29,30)/t21-/m0/s1. The maximum Gasteiger partial charge on any atom is 0.304 e. The average molecular weight is 405 g/mol. The average Bonchev–Trinajstić information content (AvgIpc) is 3.16. The first-order valence-corrected chi connectivity index (χ1v) is 10.6. The fraction of sp³-hybridized carbons (Fsp3) is 0.375. The van der Waals surface area contributed by atoms with Gasteiger partial charge in [0.25, 0.3) is 0 Å². The van der Waals surface area contributed by atoms with Crippen molar-refractivity contribution in [1.29, 1.82) is 0 Å². The van der Waals surface area contributed by atoms with Crippen LogP contribution in [-0.4, -0.2) is 32.6 Å².